The molecular formula is C11H14N4O2. The number of nitrogens with zero attached hydrogens (tertiary/aromatic N) is 2. The molecule has 0 aliphatic heterocycles. The van der Waals surface area contributed by atoms with Crippen LogP contribution < -0.4 is 16.0 Å². The van der Waals surface area contributed by atoms with Crippen LogP contribution in [0.2, 0.25) is 0 Å². The lowest BCUT2D eigenvalue weighted by molar-refractivity contribution is 0.414. The normalized spacial score (nSPS) is 10.2. The molecule has 2 rings (SSSR count). The monoisotopic (exact) mass is 234 g/mol. The molecule has 0 fully saturated rings. The van der Waals surface area contributed by atoms with Gasteiger partial charge in [0.15, 0.2) is 0 Å². The molecule has 0 radical (unpaired) electrons. The second-order valence-corrected chi connectivity index (χ2v) is 3.49. The molecule has 6 nitrogen and oxygen atoms in total. The molecule has 1 aromatic carbocycles. The third kappa shape index (κ3) is 2.94. The van der Waals surface area contributed by atoms with Gasteiger partial charge in [-0.2, -0.15) is 0 Å². The summed E-state index contributed by atoms with van der Waals surface area (Å²) < 4.78 is 10.3. The van der Waals surface area contributed by atoms with E-state index in [1.54, 1.807) is 7.11 Å². The van der Waals surface area contributed by atoms with Crippen LogP contribution in [0.5, 0.6) is 5.75 Å². The number of rotatable bonds is 5. The Hall–Kier alpha value is -2.08. The van der Waals surface area contributed by atoms with Gasteiger partial charge in [-0.05, 0) is 24.1 Å². The van der Waals surface area contributed by atoms with Crippen LogP contribution in [-0.4, -0.2) is 17.3 Å². The second kappa shape index (κ2) is 5.31. The van der Waals surface area contributed by atoms with E-state index in [0.717, 1.165) is 12.2 Å². The van der Waals surface area contributed by atoms with Crippen LogP contribution in [0.3, 0.4) is 0 Å². The highest BCUT2D eigenvalue weighted by atomic mass is 16.5. The van der Waals surface area contributed by atoms with Crippen molar-refractivity contribution < 1.29 is 9.15 Å². The Morgan fingerprint density at radius 3 is 2.59 bits per heavy atom. The molecule has 0 saturated carbocycles. The zero-order valence-corrected chi connectivity index (χ0v) is 9.51. The first-order valence-corrected chi connectivity index (χ1v) is 5.23. The van der Waals surface area contributed by atoms with Crippen LogP contribution >= 0.6 is 0 Å². The fourth-order valence-corrected chi connectivity index (χ4v) is 1.46. The first-order chi connectivity index (χ1) is 8.31. The highest BCUT2D eigenvalue weighted by Gasteiger charge is 2.04. The topological polar surface area (TPSA) is 86.2 Å². The molecule has 0 amide bonds. The summed E-state index contributed by atoms with van der Waals surface area (Å²) in [5, 5.41) is 7.55. The quantitative estimate of drug-likeness (QED) is 0.596. The molecule has 1 heterocycles. The molecule has 90 valence electrons. The average Bonchev–Trinajstić information content (AvgIpc) is 2.85. The summed E-state index contributed by atoms with van der Waals surface area (Å²) in [4.78, 5) is 0. The van der Waals surface area contributed by atoms with Gasteiger partial charge in [-0.25, -0.2) is 5.84 Å². The van der Waals surface area contributed by atoms with E-state index < -0.39 is 0 Å². The van der Waals surface area contributed by atoms with E-state index in [0.29, 0.717) is 12.3 Å². The van der Waals surface area contributed by atoms with Crippen LogP contribution in [-0.2, 0) is 12.8 Å². The SMILES string of the molecule is COc1ccc(CCc2nnc(NN)o2)cc1. The number of methoxy groups -OCH3 is 1. The van der Waals surface area contributed by atoms with E-state index in [2.05, 4.69) is 15.6 Å². The molecule has 2 aromatic rings. The van der Waals surface area contributed by atoms with E-state index in [1.807, 2.05) is 24.3 Å². The minimum absolute atomic E-state index is 0.231. The van der Waals surface area contributed by atoms with Crippen molar-refractivity contribution in [2.45, 2.75) is 12.8 Å². The number of hydrogen-bond acceptors (Lipinski definition) is 6. The zero-order chi connectivity index (χ0) is 12.1. The van der Waals surface area contributed by atoms with Crippen molar-refractivity contribution in [2.75, 3.05) is 12.5 Å². The largest absolute Gasteiger partial charge is 0.497 e. The Bertz CT molecular complexity index is 467. The van der Waals surface area contributed by atoms with Crippen molar-refractivity contribution in [1.29, 1.82) is 0 Å². The summed E-state index contributed by atoms with van der Waals surface area (Å²) >= 11 is 0. The number of hydrazine groups is 1. The van der Waals surface area contributed by atoms with Gasteiger partial charge < -0.3 is 9.15 Å². The van der Waals surface area contributed by atoms with Crippen LogP contribution in [0.1, 0.15) is 11.5 Å². The maximum atomic E-state index is 5.22. The summed E-state index contributed by atoms with van der Waals surface area (Å²) in [6, 6.07) is 8.11. The first-order valence-electron chi connectivity index (χ1n) is 5.23. The lowest BCUT2D eigenvalue weighted by Gasteiger charge is -2.01. The second-order valence-electron chi connectivity index (χ2n) is 3.49. The molecule has 6 heteroatoms. The summed E-state index contributed by atoms with van der Waals surface area (Å²) in [7, 11) is 1.65. The highest BCUT2D eigenvalue weighted by molar-refractivity contribution is 5.27. The lowest BCUT2D eigenvalue weighted by Crippen LogP contribution is -2.06. The summed E-state index contributed by atoms with van der Waals surface area (Å²) in [6.45, 7) is 0. The maximum Gasteiger partial charge on any atom is 0.330 e. The van der Waals surface area contributed by atoms with Gasteiger partial charge in [0.25, 0.3) is 0 Å². The lowest BCUT2D eigenvalue weighted by atomic mass is 10.1. The fraction of sp³-hybridized carbons (Fsp3) is 0.273. The van der Waals surface area contributed by atoms with E-state index in [9.17, 15) is 0 Å². The molecule has 0 aliphatic rings. The van der Waals surface area contributed by atoms with Crippen molar-refractivity contribution in [3.63, 3.8) is 0 Å². The van der Waals surface area contributed by atoms with Gasteiger partial charge in [0.2, 0.25) is 5.89 Å². The number of nitrogen functional groups attached to an aromatic ring is 1. The van der Waals surface area contributed by atoms with E-state index in [-0.39, 0.29) is 6.01 Å². The van der Waals surface area contributed by atoms with Gasteiger partial charge >= 0.3 is 6.01 Å². The minimum atomic E-state index is 0.231. The van der Waals surface area contributed by atoms with Crippen molar-refractivity contribution >= 4 is 6.01 Å². The number of ether oxygens (including phenoxy) is 1. The third-order valence-corrected chi connectivity index (χ3v) is 2.38. The zero-order valence-electron chi connectivity index (χ0n) is 9.51. The van der Waals surface area contributed by atoms with E-state index in [1.165, 1.54) is 5.56 Å². The van der Waals surface area contributed by atoms with E-state index >= 15 is 0 Å². The molecule has 1 aromatic heterocycles. The summed E-state index contributed by atoms with van der Waals surface area (Å²) in [5.74, 6) is 6.55. The smallest absolute Gasteiger partial charge is 0.330 e. The van der Waals surface area contributed by atoms with Crippen LogP contribution in [0.4, 0.5) is 6.01 Å². The molecule has 17 heavy (non-hydrogen) atoms. The Kier molecular flexibility index (Phi) is 3.56. The Morgan fingerprint density at radius 1 is 1.24 bits per heavy atom. The molecule has 0 spiro atoms. The number of nitrogens with two attached hydrogens (primary N) is 1. The predicted molar refractivity (Wildman–Crippen MR) is 62.5 cm³/mol. The number of hydrogen-bond donors (Lipinski definition) is 2. The highest BCUT2D eigenvalue weighted by Crippen LogP contribution is 2.13. The van der Waals surface area contributed by atoms with Crippen LogP contribution in [0.25, 0.3) is 0 Å². The molecule has 0 saturated heterocycles. The predicted octanol–water partition coefficient (Wildman–Crippen LogP) is 1.15. The third-order valence-electron chi connectivity index (χ3n) is 2.38. The standard InChI is InChI=1S/C11H14N4O2/c1-16-9-5-2-8(3-6-9)4-7-10-14-15-11(13-12)17-10/h2-3,5-6H,4,7,12H2,1H3,(H,13,15). The van der Waals surface area contributed by atoms with Crippen LogP contribution in [0, 0.1) is 0 Å². The molecule has 0 unspecified atom stereocenters. The van der Waals surface area contributed by atoms with Gasteiger partial charge in [0, 0.05) is 6.42 Å². The number of aromatic nitrogens is 2. The number of benzene rings is 1. The van der Waals surface area contributed by atoms with E-state index in [4.69, 9.17) is 15.0 Å². The first kappa shape index (κ1) is 11.4. The minimum Gasteiger partial charge on any atom is -0.497 e. The van der Waals surface area contributed by atoms with Gasteiger partial charge in [-0.3, -0.25) is 5.43 Å². The number of aryl methyl sites for hydroxylation is 2. The average molecular weight is 234 g/mol. The Labute approximate surface area is 98.8 Å². The Morgan fingerprint density at radius 2 is 2.00 bits per heavy atom. The van der Waals surface area contributed by atoms with Crippen molar-refractivity contribution in [3.8, 4) is 5.75 Å². The number of nitrogens with one attached hydrogen (secondary N) is 1. The van der Waals surface area contributed by atoms with Gasteiger partial charge in [-0.1, -0.05) is 17.2 Å². The number of anilines is 1. The maximum absolute atomic E-state index is 5.22. The van der Waals surface area contributed by atoms with Crippen molar-refractivity contribution in [3.05, 3.63) is 35.7 Å². The van der Waals surface area contributed by atoms with Gasteiger partial charge in [0.1, 0.15) is 5.75 Å². The summed E-state index contributed by atoms with van der Waals surface area (Å²) in [5.41, 5.74) is 3.49. The molecule has 0 atom stereocenters. The fourth-order valence-electron chi connectivity index (χ4n) is 1.46. The molecule has 0 aliphatic carbocycles. The van der Waals surface area contributed by atoms with Gasteiger partial charge in [0.05, 0.1) is 7.11 Å². The molecular weight excluding hydrogens is 220 g/mol. The van der Waals surface area contributed by atoms with Crippen LogP contribution in [0.15, 0.2) is 28.7 Å². The van der Waals surface area contributed by atoms with Crippen molar-refractivity contribution in [2.24, 2.45) is 5.84 Å². The Balaban J connectivity index is 1.92. The van der Waals surface area contributed by atoms with Gasteiger partial charge in [-0.15, -0.1) is 5.10 Å². The van der Waals surface area contributed by atoms with Crippen molar-refractivity contribution in [1.82, 2.24) is 10.2 Å². The molecule has 0 bridgehead atoms. The molecule has 3 N–H and O–H groups in total. The summed E-state index contributed by atoms with van der Waals surface area (Å²) in [6.07, 6.45) is 1.51.